The van der Waals surface area contributed by atoms with Crippen molar-refractivity contribution >= 4 is 28.6 Å². The molecule has 3 nitrogen and oxygen atoms in total. The standard InChI is InChI=1S/C14H19IO3/c1-5-10-6-7-12(11(15)8-10)17-9-13(16)18-14(2,3)4/h6-8H,5,9H2,1-4H3. The monoisotopic (exact) mass is 362 g/mol. The van der Waals surface area contributed by atoms with E-state index in [2.05, 4.69) is 35.6 Å². The zero-order valence-corrected chi connectivity index (χ0v) is 13.4. The van der Waals surface area contributed by atoms with E-state index >= 15 is 0 Å². The normalized spacial score (nSPS) is 11.2. The molecule has 0 aliphatic rings. The molecule has 0 aromatic heterocycles. The van der Waals surface area contributed by atoms with Crippen LogP contribution in [0.15, 0.2) is 18.2 Å². The van der Waals surface area contributed by atoms with Crippen LogP contribution in [-0.2, 0) is 16.0 Å². The van der Waals surface area contributed by atoms with Gasteiger partial charge in [0.15, 0.2) is 6.61 Å². The van der Waals surface area contributed by atoms with Gasteiger partial charge in [-0.25, -0.2) is 4.79 Å². The molecule has 0 radical (unpaired) electrons. The van der Waals surface area contributed by atoms with E-state index in [9.17, 15) is 4.79 Å². The van der Waals surface area contributed by atoms with Gasteiger partial charge in [0.2, 0.25) is 0 Å². The second-order valence-corrected chi connectivity index (χ2v) is 6.16. The number of ether oxygens (including phenoxy) is 2. The Morgan fingerprint density at radius 2 is 2.00 bits per heavy atom. The van der Waals surface area contributed by atoms with Crippen molar-refractivity contribution in [3.05, 3.63) is 27.3 Å². The lowest BCUT2D eigenvalue weighted by Crippen LogP contribution is -2.27. The molecule has 100 valence electrons. The van der Waals surface area contributed by atoms with E-state index < -0.39 is 5.60 Å². The van der Waals surface area contributed by atoms with Crippen LogP contribution in [0.5, 0.6) is 5.75 Å². The van der Waals surface area contributed by atoms with Crippen LogP contribution in [0.2, 0.25) is 0 Å². The number of esters is 1. The second kappa shape index (κ2) is 6.41. The average molecular weight is 362 g/mol. The summed E-state index contributed by atoms with van der Waals surface area (Å²) in [7, 11) is 0. The summed E-state index contributed by atoms with van der Waals surface area (Å²) < 4.78 is 11.6. The number of rotatable bonds is 4. The molecule has 0 unspecified atom stereocenters. The lowest BCUT2D eigenvalue weighted by atomic mass is 10.2. The number of hydrogen-bond donors (Lipinski definition) is 0. The molecule has 0 aliphatic carbocycles. The van der Waals surface area contributed by atoms with Crippen molar-refractivity contribution in [3.63, 3.8) is 0 Å². The van der Waals surface area contributed by atoms with Gasteiger partial charge in [-0.2, -0.15) is 0 Å². The van der Waals surface area contributed by atoms with E-state index in [4.69, 9.17) is 9.47 Å². The molecule has 0 N–H and O–H groups in total. The van der Waals surface area contributed by atoms with Crippen molar-refractivity contribution < 1.29 is 14.3 Å². The van der Waals surface area contributed by atoms with Crippen molar-refractivity contribution in [2.24, 2.45) is 0 Å². The Kier molecular flexibility index (Phi) is 5.44. The van der Waals surface area contributed by atoms with Gasteiger partial charge in [-0.15, -0.1) is 0 Å². The molecule has 18 heavy (non-hydrogen) atoms. The minimum Gasteiger partial charge on any atom is -0.481 e. The fraction of sp³-hybridized carbons (Fsp3) is 0.500. The third-order valence-corrected chi connectivity index (χ3v) is 3.01. The molecule has 0 atom stereocenters. The minimum atomic E-state index is -0.473. The molecule has 4 heteroatoms. The van der Waals surface area contributed by atoms with Gasteiger partial charge < -0.3 is 9.47 Å². The highest BCUT2D eigenvalue weighted by Crippen LogP contribution is 2.22. The number of halogens is 1. The number of hydrogen-bond acceptors (Lipinski definition) is 3. The van der Waals surface area contributed by atoms with Crippen molar-refractivity contribution in [1.82, 2.24) is 0 Å². The summed E-state index contributed by atoms with van der Waals surface area (Å²) in [5, 5.41) is 0. The molecule has 0 spiro atoms. The lowest BCUT2D eigenvalue weighted by Gasteiger charge is -2.19. The Balaban J connectivity index is 2.56. The summed E-state index contributed by atoms with van der Waals surface area (Å²) >= 11 is 2.21. The van der Waals surface area contributed by atoms with Crippen molar-refractivity contribution in [2.45, 2.75) is 39.7 Å². The summed E-state index contributed by atoms with van der Waals surface area (Å²) in [6, 6.07) is 5.96. The first-order valence-corrected chi connectivity index (χ1v) is 7.03. The zero-order valence-electron chi connectivity index (χ0n) is 11.2. The van der Waals surface area contributed by atoms with Gasteiger partial charge in [-0.3, -0.25) is 0 Å². The Labute approximate surface area is 122 Å². The quantitative estimate of drug-likeness (QED) is 0.607. The molecule has 0 amide bonds. The highest BCUT2D eigenvalue weighted by atomic mass is 127. The third kappa shape index (κ3) is 5.25. The molecule has 0 bridgehead atoms. The summed E-state index contributed by atoms with van der Waals surface area (Å²) in [6.07, 6.45) is 0.988. The largest absolute Gasteiger partial charge is 0.481 e. The fourth-order valence-corrected chi connectivity index (χ4v) is 2.12. The van der Waals surface area contributed by atoms with E-state index in [0.29, 0.717) is 0 Å². The van der Waals surface area contributed by atoms with Crippen molar-refractivity contribution in [3.8, 4) is 5.75 Å². The summed E-state index contributed by atoms with van der Waals surface area (Å²) in [5.41, 5.74) is 0.781. The Morgan fingerprint density at radius 3 is 2.50 bits per heavy atom. The van der Waals surface area contributed by atoms with E-state index in [1.807, 2.05) is 32.9 Å². The van der Waals surface area contributed by atoms with Gasteiger partial charge in [-0.1, -0.05) is 13.0 Å². The van der Waals surface area contributed by atoms with Crippen LogP contribution in [0.3, 0.4) is 0 Å². The van der Waals surface area contributed by atoms with Crippen molar-refractivity contribution in [1.29, 1.82) is 0 Å². The fourth-order valence-electron chi connectivity index (χ4n) is 1.39. The number of aryl methyl sites for hydroxylation is 1. The third-order valence-electron chi connectivity index (χ3n) is 2.17. The van der Waals surface area contributed by atoms with Gasteiger partial charge in [0.25, 0.3) is 0 Å². The Hall–Kier alpha value is -0.780. The molecule has 0 heterocycles. The van der Waals surface area contributed by atoms with Crippen LogP contribution in [0.4, 0.5) is 0 Å². The summed E-state index contributed by atoms with van der Waals surface area (Å²) in [5.74, 6) is 0.372. The number of carbonyl (C=O) groups is 1. The molecule has 0 saturated heterocycles. The summed E-state index contributed by atoms with van der Waals surface area (Å²) in [4.78, 5) is 11.5. The predicted molar refractivity (Wildman–Crippen MR) is 79.9 cm³/mol. The number of benzene rings is 1. The smallest absolute Gasteiger partial charge is 0.344 e. The van der Waals surface area contributed by atoms with Gasteiger partial charge >= 0.3 is 5.97 Å². The van der Waals surface area contributed by atoms with Crippen LogP contribution in [0.1, 0.15) is 33.3 Å². The van der Waals surface area contributed by atoms with Gasteiger partial charge in [0.1, 0.15) is 11.4 Å². The van der Waals surface area contributed by atoms with Crippen LogP contribution < -0.4 is 4.74 Å². The van der Waals surface area contributed by atoms with Crippen LogP contribution in [-0.4, -0.2) is 18.2 Å². The van der Waals surface area contributed by atoms with Gasteiger partial charge in [0, 0.05) is 0 Å². The molecular formula is C14H19IO3. The van der Waals surface area contributed by atoms with Crippen molar-refractivity contribution in [2.75, 3.05) is 6.61 Å². The van der Waals surface area contributed by atoms with Crippen LogP contribution in [0.25, 0.3) is 0 Å². The topological polar surface area (TPSA) is 35.5 Å². The SMILES string of the molecule is CCc1ccc(OCC(=O)OC(C)(C)C)c(I)c1. The van der Waals surface area contributed by atoms with E-state index in [0.717, 1.165) is 15.7 Å². The first kappa shape index (κ1) is 15.3. The number of carbonyl (C=O) groups excluding carboxylic acids is 1. The summed E-state index contributed by atoms with van der Waals surface area (Å²) in [6.45, 7) is 7.56. The maximum atomic E-state index is 11.5. The molecule has 1 aromatic carbocycles. The van der Waals surface area contributed by atoms with Gasteiger partial charge in [0.05, 0.1) is 3.57 Å². The highest BCUT2D eigenvalue weighted by molar-refractivity contribution is 14.1. The molecule has 0 aliphatic heterocycles. The molecule has 1 rings (SSSR count). The molecular weight excluding hydrogens is 343 g/mol. The maximum absolute atomic E-state index is 11.5. The van der Waals surface area contributed by atoms with Crippen LogP contribution in [0, 0.1) is 3.57 Å². The first-order valence-electron chi connectivity index (χ1n) is 5.95. The first-order chi connectivity index (χ1) is 8.31. The molecule has 0 saturated carbocycles. The predicted octanol–water partition coefficient (Wildman–Crippen LogP) is 3.57. The average Bonchev–Trinajstić information content (AvgIpc) is 2.25. The van der Waals surface area contributed by atoms with Gasteiger partial charge in [-0.05, 0) is 67.5 Å². The maximum Gasteiger partial charge on any atom is 0.344 e. The Bertz CT molecular complexity index is 422. The van der Waals surface area contributed by atoms with E-state index in [-0.39, 0.29) is 12.6 Å². The van der Waals surface area contributed by atoms with E-state index in [1.165, 1.54) is 5.56 Å². The van der Waals surface area contributed by atoms with E-state index in [1.54, 1.807) is 0 Å². The lowest BCUT2D eigenvalue weighted by molar-refractivity contribution is -0.157. The second-order valence-electron chi connectivity index (χ2n) is 4.99. The molecule has 1 aromatic rings. The van der Waals surface area contributed by atoms with Crippen LogP contribution >= 0.6 is 22.6 Å². The highest BCUT2D eigenvalue weighted by Gasteiger charge is 2.16. The zero-order chi connectivity index (χ0) is 13.8. The Morgan fingerprint density at radius 1 is 1.33 bits per heavy atom. The molecule has 0 fully saturated rings. The minimum absolute atomic E-state index is 0.0568.